The number of amides is 2. The standard InChI is InChI=1S/C29H31N5O5/c1-33-26-24(7-8-25(32-26)34-14-10-29(19-34)11-15-37-16-12-29)38-18-23(28(33)36)31-27(35)22-17-21(9-13-30-22)39-20-5-3-2-4-6-20/h2-9,13,17,23H,10-12,14-16,18-19H2,1H3,(H,31,35). The van der Waals surface area contributed by atoms with Crippen LogP contribution in [0.15, 0.2) is 60.8 Å². The number of pyridine rings is 2. The zero-order valence-corrected chi connectivity index (χ0v) is 21.8. The number of carbonyl (C=O) groups excluding carboxylic acids is 2. The van der Waals surface area contributed by atoms with Crippen LogP contribution in [0.3, 0.4) is 0 Å². The van der Waals surface area contributed by atoms with Crippen molar-refractivity contribution in [1.82, 2.24) is 15.3 Å². The van der Waals surface area contributed by atoms with Crippen molar-refractivity contribution in [3.63, 3.8) is 0 Å². The maximum absolute atomic E-state index is 13.4. The van der Waals surface area contributed by atoms with E-state index in [0.29, 0.717) is 23.1 Å². The molecule has 2 fully saturated rings. The Labute approximate surface area is 226 Å². The summed E-state index contributed by atoms with van der Waals surface area (Å²) >= 11 is 0. The van der Waals surface area contributed by atoms with Crippen LogP contribution in [0.4, 0.5) is 11.6 Å². The van der Waals surface area contributed by atoms with E-state index in [9.17, 15) is 9.59 Å². The summed E-state index contributed by atoms with van der Waals surface area (Å²) in [6, 6.07) is 15.4. The number of hydrogen-bond donors (Lipinski definition) is 1. The van der Waals surface area contributed by atoms with Gasteiger partial charge < -0.3 is 24.4 Å². The molecular formula is C29H31N5O5. The number of nitrogens with one attached hydrogen (secondary N) is 1. The molecule has 1 atom stereocenters. The molecule has 6 rings (SSSR count). The van der Waals surface area contributed by atoms with E-state index < -0.39 is 11.9 Å². The predicted octanol–water partition coefficient (Wildman–Crippen LogP) is 3.43. The van der Waals surface area contributed by atoms with Crippen molar-refractivity contribution in [3.05, 3.63) is 66.5 Å². The minimum absolute atomic E-state index is 0.0179. The summed E-state index contributed by atoms with van der Waals surface area (Å²) < 4.78 is 17.3. The molecule has 1 spiro atoms. The van der Waals surface area contributed by atoms with E-state index in [4.69, 9.17) is 19.2 Å². The Morgan fingerprint density at radius 2 is 1.90 bits per heavy atom. The van der Waals surface area contributed by atoms with Crippen LogP contribution in [-0.4, -0.2) is 67.8 Å². The van der Waals surface area contributed by atoms with Gasteiger partial charge in [-0.15, -0.1) is 0 Å². The molecule has 3 aromatic rings. The van der Waals surface area contributed by atoms with Crippen LogP contribution in [-0.2, 0) is 9.53 Å². The molecule has 10 heteroatoms. The van der Waals surface area contributed by atoms with Crippen molar-refractivity contribution in [1.29, 1.82) is 0 Å². The SMILES string of the molecule is CN1C(=O)C(NC(=O)c2cc(Oc3ccccc3)ccn2)COc2ccc(N3CCC4(CCOCC4)C3)nc21. The van der Waals surface area contributed by atoms with Gasteiger partial charge in [0.25, 0.3) is 11.8 Å². The lowest BCUT2D eigenvalue weighted by Crippen LogP contribution is -2.49. The second kappa shape index (κ2) is 10.5. The fourth-order valence-corrected chi connectivity index (χ4v) is 5.44. The quantitative estimate of drug-likeness (QED) is 0.536. The molecule has 10 nitrogen and oxygen atoms in total. The van der Waals surface area contributed by atoms with Gasteiger partial charge in [0, 0.05) is 45.6 Å². The molecule has 0 bridgehead atoms. The number of ether oxygens (including phenoxy) is 3. The summed E-state index contributed by atoms with van der Waals surface area (Å²) in [6.45, 7) is 3.45. The number of anilines is 2. The number of fused-ring (bicyclic) bond motifs is 1. The van der Waals surface area contributed by atoms with Crippen molar-refractivity contribution < 1.29 is 23.8 Å². The van der Waals surface area contributed by atoms with E-state index in [-0.39, 0.29) is 23.6 Å². The Balaban J connectivity index is 1.14. The average molecular weight is 530 g/mol. The van der Waals surface area contributed by atoms with Crippen LogP contribution < -0.4 is 24.6 Å². The molecule has 5 heterocycles. The van der Waals surface area contributed by atoms with Crippen LogP contribution in [0.25, 0.3) is 0 Å². The Morgan fingerprint density at radius 3 is 2.72 bits per heavy atom. The van der Waals surface area contributed by atoms with E-state index in [1.807, 2.05) is 42.5 Å². The number of nitrogens with zero attached hydrogens (tertiary/aromatic N) is 4. The first-order valence-electron chi connectivity index (χ1n) is 13.2. The van der Waals surface area contributed by atoms with E-state index in [0.717, 1.165) is 51.4 Å². The van der Waals surface area contributed by atoms with Crippen LogP contribution >= 0.6 is 0 Å². The number of benzene rings is 1. The second-order valence-electron chi connectivity index (χ2n) is 10.3. The number of likely N-dealkylation sites (N-methyl/N-ethyl adjacent to an activating group) is 1. The third kappa shape index (κ3) is 5.24. The molecule has 3 aliphatic heterocycles. The van der Waals surface area contributed by atoms with E-state index in [1.165, 1.54) is 17.2 Å². The van der Waals surface area contributed by atoms with Crippen LogP contribution in [0.5, 0.6) is 17.2 Å². The summed E-state index contributed by atoms with van der Waals surface area (Å²) in [5, 5.41) is 2.77. The Bertz CT molecular complexity index is 1360. The molecule has 39 heavy (non-hydrogen) atoms. The molecule has 2 aromatic heterocycles. The molecular weight excluding hydrogens is 498 g/mol. The highest BCUT2D eigenvalue weighted by Crippen LogP contribution is 2.42. The third-order valence-electron chi connectivity index (χ3n) is 7.74. The third-order valence-corrected chi connectivity index (χ3v) is 7.74. The van der Waals surface area contributed by atoms with E-state index in [1.54, 1.807) is 13.1 Å². The van der Waals surface area contributed by atoms with Crippen molar-refractivity contribution >= 4 is 23.5 Å². The van der Waals surface area contributed by atoms with Gasteiger partial charge in [-0.3, -0.25) is 19.5 Å². The zero-order chi connectivity index (χ0) is 26.8. The van der Waals surface area contributed by atoms with Gasteiger partial charge in [0.1, 0.15) is 35.7 Å². The fraction of sp³-hybridized carbons (Fsp3) is 0.379. The molecule has 3 aliphatic rings. The smallest absolute Gasteiger partial charge is 0.270 e. The van der Waals surface area contributed by atoms with Gasteiger partial charge in [0.05, 0.1) is 0 Å². The van der Waals surface area contributed by atoms with Gasteiger partial charge in [-0.1, -0.05) is 18.2 Å². The predicted molar refractivity (Wildman–Crippen MR) is 144 cm³/mol. The maximum atomic E-state index is 13.4. The Hall–Kier alpha value is -4.18. The molecule has 2 amide bonds. The highest BCUT2D eigenvalue weighted by molar-refractivity contribution is 6.02. The first-order chi connectivity index (χ1) is 19.0. The van der Waals surface area contributed by atoms with Gasteiger partial charge in [-0.25, -0.2) is 4.98 Å². The van der Waals surface area contributed by atoms with E-state index in [2.05, 4.69) is 15.2 Å². The molecule has 0 aliphatic carbocycles. The summed E-state index contributed by atoms with van der Waals surface area (Å²) in [5.74, 6) is 2.07. The first-order valence-corrected chi connectivity index (χ1v) is 13.2. The van der Waals surface area contributed by atoms with Gasteiger partial charge in [-0.2, -0.15) is 0 Å². The lowest BCUT2D eigenvalue weighted by molar-refractivity contribution is -0.120. The van der Waals surface area contributed by atoms with Crippen LogP contribution in [0.1, 0.15) is 29.8 Å². The minimum Gasteiger partial charge on any atom is -0.487 e. The van der Waals surface area contributed by atoms with Gasteiger partial charge in [0.15, 0.2) is 11.6 Å². The summed E-state index contributed by atoms with van der Waals surface area (Å²) in [7, 11) is 1.66. The molecule has 0 saturated carbocycles. The molecule has 1 unspecified atom stereocenters. The van der Waals surface area contributed by atoms with Crippen molar-refractivity contribution in [3.8, 4) is 17.2 Å². The van der Waals surface area contributed by atoms with Crippen molar-refractivity contribution in [2.75, 3.05) is 49.8 Å². The minimum atomic E-state index is -0.905. The van der Waals surface area contributed by atoms with Gasteiger partial charge in [-0.05, 0) is 55.0 Å². The van der Waals surface area contributed by atoms with E-state index >= 15 is 0 Å². The van der Waals surface area contributed by atoms with Gasteiger partial charge >= 0.3 is 0 Å². The number of hydrogen-bond acceptors (Lipinski definition) is 8. The highest BCUT2D eigenvalue weighted by atomic mass is 16.5. The first kappa shape index (κ1) is 25.1. The molecule has 1 N–H and O–H groups in total. The topological polar surface area (TPSA) is 106 Å². The molecule has 202 valence electrons. The average Bonchev–Trinajstić information content (AvgIpc) is 3.33. The second-order valence-corrected chi connectivity index (χ2v) is 10.3. The maximum Gasteiger partial charge on any atom is 0.270 e. The normalized spacial score (nSPS) is 20.2. The van der Waals surface area contributed by atoms with Crippen molar-refractivity contribution in [2.45, 2.75) is 25.3 Å². The Kier molecular flexibility index (Phi) is 6.78. The number of aromatic nitrogens is 2. The highest BCUT2D eigenvalue weighted by Gasteiger charge is 2.40. The summed E-state index contributed by atoms with van der Waals surface area (Å²) in [6.07, 6.45) is 4.73. The summed E-state index contributed by atoms with van der Waals surface area (Å²) in [5.41, 5.74) is 0.412. The number of para-hydroxylation sites is 1. The Morgan fingerprint density at radius 1 is 1.08 bits per heavy atom. The molecule has 2 saturated heterocycles. The largest absolute Gasteiger partial charge is 0.487 e. The molecule has 1 aromatic carbocycles. The lowest BCUT2D eigenvalue weighted by Gasteiger charge is -2.33. The fourth-order valence-electron chi connectivity index (χ4n) is 5.44. The van der Waals surface area contributed by atoms with Crippen molar-refractivity contribution in [2.24, 2.45) is 5.41 Å². The lowest BCUT2D eigenvalue weighted by atomic mass is 9.80. The molecule has 0 radical (unpaired) electrons. The number of rotatable bonds is 5. The van der Waals surface area contributed by atoms with Gasteiger partial charge in [0.2, 0.25) is 0 Å². The van der Waals surface area contributed by atoms with Crippen LogP contribution in [0, 0.1) is 5.41 Å². The summed E-state index contributed by atoms with van der Waals surface area (Å²) in [4.78, 5) is 39.1. The number of carbonyl (C=O) groups is 2. The zero-order valence-electron chi connectivity index (χ0n) is 21.8. The van der Waals surface area contributed by atoms with Crippen LogP contribution in [0.2, 0.25) is 0 Å². The monoisotopic (exact) mass is 529 g/mol.